The lowest BCUT2D eigenvalue weighted by Crippen LogP contribution is -2.43. The number of thioether (sulfide) groups is 1. The number of esters is 1. The van der Waals surface area contributed by atoms with Crippen molar-refractivity contribution in [2.45, 2.75) is 6.04 Å². The molecule has 0 saturated carbocycles. The molecule has 0 aliphatic rings. The fourth-order valence-corrected chi connectivity index (χ4v) is 2.12. The number of ether oxygens (including phenoxy) is 2. The van der Waals surface area contributed by atoms with Gasteiger partial charge >= 0.3 is 5.97 Å². The lowest BCUT2D eigenvalue weighted by atomic mass is 10.1. The first-order valence-electron chi connectivity index (χ1n) is 5.84. The van der Waals surface area contributed by atoms with Crippen molar-refractivity contribution in [1.29, 1.82) is 0 Å². The average Bonchev–Trinajstić information content (AvgIpc) is 2.46. The Bertz CT molecular complexity index is 493. The van der Waals surface area contributed by atoms with Gasteiger partial charge in [0.1, 0.15) is 11.8 Å². The van der Waals surface area contributed by atoms with Crippen LogP contribution in [0.2, 0.25) is 0 Å². The van der Waals surface area contributed by atoms with Gasteiger partial charge in [-0.05, 0) is 24.5 Å². The SMILES string of the molecule is COC(=O)C(CSC)NC(=O)c1ccc(N)c(OC)c1. The molecular weight excluding hydrogens is 280 g/mol. The second kappa shape index (κ2) is 7.64. The standard InChI is InChI=1S/C13H18N2O4S/c1-18-11-6-8(4-5-9(11)14)12(16)15-10(7-20-3)13(17)19-2/h4-6,10H,7,14H2,1-3H3,(H,15,16). The molecule has 0 aliphatic heterocycles. The van der Waals surface area contributed by atoms with E-state index in [9.17, 15) is 9.59 Å². The van der Waals surface area contributed by atoms with Crippen molar-refractivity contribution in [3.05, 3.63) is 23.8 Å². The number of rotatable bonds is 6. The van der Waals surface area contributed by atoms with Crippen molar-refractivity contribution in [2.75, 3.05) is 32.0 Å². The Balaban J connectivity index is 2.86. The zero-order valence-corrected chi connectivity index (χ0v) is 12.5. The molecule has 1 amide bonds. The Kier molecular flexibility index (Phi) is 6.17. The van der Waals surface area contributed by atoms with Gasteiger partial charge in [0.15, 0.2) is 0 Å². The van der Waals surface area contributed by atoms with Crippen LogP contribution in [-0.4, -0.2) is 44.1 Å². The highest BCUT2D eigenvalue weighted by Crippen LogP contribution is 2.22. The molecule has 20 heavy (non-hydrogen) atoms. The summed E-state index contributed by atoms with van der Waals surface area (Å²) in [6, 6.07) is 3.99. The number of benzene rings is 1. The summed E-state index contributed by atoms with van der Waals surface area (Å²) in [6.07, 6.45) is 1.84. The van der Waals surface area contributed by atoms with Crippen molar-refractivity contribution in [1.82, 2.24) is 5.32 Å². The maximum absolute atomic E-state index is 12.1. The fourth-order valence-electron chi connectivity index (χ4n) is 1.57. The number of nitrogen functional groups attached to an aromatic ring is 1. The van der Waals surface area contributed by atoms with Crippen LogP contribution in [0.15, 0.2) is 18.2 Å². The van der Waals surface area contributed by atoms with Gasteiger partial charge in [-0.2, -0.15) is 11.8 Å². The third-order valence-electron chi connectivity index (χ3n) is 2.62. The van der Waals surface area contributed by atoms with E-state index >= 15 is 0 Å². The molecule has 0 aromatic heterocycles. The monoisotopic (exact) mass is 298 g/mol. The molecule has 0 fully saturated rings. The topological polar surface area (TPSA) is 90.7 Å². The summed E-state index contributed by atoms with van der Waals surface area (Å²) in [5.74, 6) is -0.00941. The summed E-state index contributed by atoms with van der Waals surface area (Å²) < 4.78 is 9.71. The Morgan fingerprint density at radius 3 is 2.65 bits per heavy atom. The smallest absolute Gasteiger partial charge is 0.329 e. The first kappa shape index (κ1) is 16.2. The maximum Gasteiger partial charge on any atom is 0.329 e. The number of carbonyl (C=O) groups is 2. The van der Waals surface area contributed by atoms with E-state index in [-0.39, 0.29) is 5.91 Å². The number of hydrogen-bond donors (Lipinski definition) is 2. The van der Waals surface area contributed by atoms with Crippen molar-refractivity contribution in [2.24, 2.45) is 0 Å². The van der Waals surface area contributed by atoms with Crippen LogP contribution in [0.1, 0.15) is 10.4 Å². The van der Waals surface area contributed by atoms with E-state index in [4.69, 9.17) is 10.5 Å². The van der Waals surface area contributed by atoms with Crippen LogP contribution in [0.5, 0.6) is 5.75 Å². The van der Waals surface area contributed by atoms with E-state index in [0.29, 0.717) is 22.8 Å². The fraction of sp³-hybridized carbons (Fsp3) is 0.385. The van der Waals surface area contributed by atoms with Gasteiger partial charge in [0.2, 0.25) is 0 Å². The van der Waals surface area contributed by atoms with E-state index in [1.54, 1.807) is 12.1 Å². The number of amides is 1. The van der Waals surface area contributed by atoms with E-state index < -0.39 is 12.0 Å². The Hall–Kier alpha value is -1.89. The molecule has 110 valence electrons. The molecule has 0 bridgehead atoms. The highest BCUT2D eigenvalue weighted by Gasteiger charge is 2.21. The van der Waals surface area contributed by atoms with Crippen molar-refractivity contribution < 1.29 is 19.1 Å². The highest BCUT2D eigenvalue weighted by atomic mass is 32.2. The lowest BCUT2D eigenvalue weighted by Gasteiger charge is -2.15. The van der Waals surface area contributed by atoms with Gasteiger partial charge in [-0.1, -0.05) is 0 Å². The molecule has 0 spiro atoms. The first-order chi connectivity index (χ1) is 9.53. The third kappa shape index (κ3) is 4.06. The molecule has 0 saturated heterocycles. The van der Waals surface area contributed by atoms with Crippen LogP contribution < -0.4 is 15.8 Å². The van der Waals surface area contributed by atoms with Crippen LogP contribution >= 0.6 is 11.8 Å². The second-order valence-electron chi connectivity index (χ2n) is 3.96. The zero-order valence-electron chi connectivity index (χ0n) is 11.6. The number of methoxy groups -OCH3 is 2. The number of nitrogens with one attached hydrogen (secondary N) is 1. The van der Waals surface area contributed by atoms with Gasteiger partial charge in [0, 0.05) is 11.3 Å². The van der Waals surface area contributed by atoms with Crippen LogP contribution in [0.4, 0.5) is 5.69 Å². The Morgan fingerprint density at radius 2 is 2.10 bits per heavy atom. The molecule has 3 N–H and O–H groups in total. The number of anilines is 1. The van der Waals surface area contributed by atoms with Gasteiger partial charge < -0.3 is 20.5 Å². The quantitative estimate of drug-likeness (QED) is 0.599. The first-order valence-corrected chi connectivity index (χ1v) is 7.24. The molecule has 1 aromatic carbocycles. The molecule has 6 nitrogen and oxygen atoms in total. The number of nitrogens with two attached hydrogens (primary N) is 1. The molecule has 7 heteroatoms. The highest BCUT2D eigenvalue weighted by molar-refractivity contribution is 7.98. The normalized spacial score (nSPS) is 11.6. The minimum Gasteiger partial charge on any atom is -0.495 e. The molecule has 0 aliphatic carbocycles. The van der Waals surface area contributed by atoms with Crippen LogP contribution in [0.25, 0.3) is 0 Å². The molecule has 0 radical (unpaired) electrons. The summed E-state index contributed by atoms with van der Waals surface area (Å²) in [5.41, 5.74) is 6.49. The van der Waals surface area contributed by atoms with Crippen LogP contribution in [0, 0.1) is 0 Å². The summed E-state index contributed by atoms with van der Waals surface area (Å²) in [7, 11) is 2.76. The zero-order chi connectivity index (χ0) is 15.1. The molecular formula is C13H18N2O4S. The van der Waals surface area contributed by atoms with Crippen molar-refractivity contribution in [3.63, 3.8) is 0 Å². The molecule has 1 unspecified atom stereocenters. The third-order valence-corrected chi connectivity index (χ3v) is 3.29. The van der Waals surface area contributed by atoms with Gasteiger partial charge in [-0.25, -0.2) is 4.79 Å². The van der Waals surface area contributed by atoms with Gasteiger partial charge in [0.05, 0.1) is 19.9 Å². The van der Waals surface area contributed by atoms with Gasteiger partial charge in [0.25, 0.3) is 5.91 Å². The molecule has 1 aromatic rings. The Labute approximate surface area is 122 Å². The minimum atomic E-state index is -0.689. The maximum atomic E-state index is 12.1. The second-order valence-corrected chi connectivity index (χ2v) is 4.87. The number of carbonyl (C=O) groups excluding carboxylic acids is 2. The predicted octanol–water partition coefficient (Wildman–Crippen LogP) is 0.912. The largest absolute Gasteiger partial charge is 0.495 e. The average molecular weight is 298 g/mol. The van der Waals surface area contributed by atoms with Crippen LogP contribution in [-0.2, 0) is 9.53 Å². The molecule has 0 heterocycles. The van der Waals surface area contributed by atoms with E-state index in [1.165, 1.54) is 32.0 Å². The summed E-state index contributed by atoms with van der Waals surface area (Å²) in [5, 5.41) is 2.63. The van der Waals surface area contributed by atoms with Crippen molar-refractivity contribution in [3.8, 4) is 5.75 Å². The summed E-state index contributed by atoms with van der Waals surface area (Å²) in [6.45, 7) is 0. The lowest BCUT2D eigenvalue weighted by molar-refractivity contribution is -0.142. The van der Waals surface area contributed by atoms with Crippen molar-refractivity contribution >= 4 is 29.3 Å². The molecule has 1 rings (SSSR count). The summed E-state index contributed by atoms with van der Waals surface area (Å²) in [4.78, 5) is 23.7. The number of hydrogen-bond acceptors (Lipinski definition) is 6. The van der Waals surface area contributed by atoms with E-state index in [1.807, 2.05) is 6.26 Å². The van der Waals surface area contributed by atoms with Gasteiger partial charge in [-0.15, -0.1) is 0 Å². The van der Waals surface area contributed by atoms with E-state index in [0.717, 1.165) is 0 Å². The predicted molar refractivity (Wildman–Crippen MR) is 79.1 cm³/mol. The van der Waals surface area contributed by atoms with Crippen LogP contribution in [0.3, 0.4) is 0 Å². The van der Waals surface area contributed by atoms with E-state index in [2.05, 4.69) is 10.1 Å². The minimum absolute atomic E-state index is 0.367. The molecule has 1 atom stereocenters. The Morgan fingerprint density at radius 1 is 1.40 bits per heavy atom. The summed E-state index contributed by atoms with van der Waals surface area (Å²) >= 11 is 1.44. The van der Waals surface area contributed by atoms with Gasteiger partial charge in [-0.3, -0.25) is 4.79 Å².